The van der Waals surface area contributed by atoms with Gasteiger partial charge in [0.05, 0.1) is 5.39 Å². The molecule has 146 valence electrons. The monoisotopic (exact) mass is 396 g/mol. The van der Waals surface area contributed by atoms with Gasteiger partial charge in [0, 0.05) is 30.1 Å². The summed E-state index contributed by atoms with van der Waals surface area (Å²) in [6.45, 7) is 0.416. The van der Waals surface area contributed by atoms with E-state index in [2.05, 4.69) is 20.4 Å². The minimum Gasteiger partial charge on any atom is -0.444 e. The number of hydrogen-bond acceptors (Lipinski definition) is 6. The number of pyridine rings is 1. The van der Waals surface area contributed by atoms with Crippen LogP contribution in [0.15, 0.2) is 88.3 Å². The fourth-order valence-electron chi connectivity index (χ4n) is 3.15. The molecule has 0 aliphatic rings. The normalized spacial score (nSPS) is 10.9. The van der Waals surface area contributed by atoms with E-state index in [0.717, 1.165) is 11.1 Å². The molecular formula is C23H16N4O3. The van der Waals surface area contributed by atoms with Gasteiger partial charge in [-0.05, 0) is 48.0 Å². The Morgan fingerprint density at radius 1 is 1.00 bits per heavy atom. The van der Waals surface area contributed by atoms with E-state index in [9.17, 15) is 4.79 Å². The third kappa shape index (κ3) is 3.44. The maximum absolute atomic E-state index is 12.6. The van der Waals surface area contributed by atoms with Crippen LogP contribution in [0.1, 0.15) is 15.9 Å². The standard InChI is InChI=1S/C23H16N4O3/c28-22(25-13-15-8-10-24-11-9-15)17-6-7-20-18(12-17)21(27-30-20)19-14-29-23(26-19)16-4-2-1-3-5-16/h1-12,14H,13H2,(H,25,28). The molecular weight excluding hydrogens is 380 g/mol. The number of carbonyl (C=O) groups is 1. The molecule has 0 aliphatic heterocycles. The van der Waals surface area contributed by atoms with Crippen LogP contribution in [0.25, 0.3) is 33.8 Å². The van der Waals surface area contributed by atoms with Crippen LogP contribution in [-0.2, 0) is 6.54 Å². The van der Waals surface area contributed by atoms with Gasteiger partial charge in [0.1, 0.15) is 17.7 Å². The van der Waals surface area contributed by atoms with Gasteiger partial charge in [-0.1, -0.05) is 23.4 Å². The highest BCUT2D eigenvalue weighted by Crippen LogP contribution is 2.30. The number of benzene rings is 2. The molecule has 1 amide bonds. The number of amides is 1. The van der Waals surface area contributed by atoms with Crippen LogP contribution < -0.4 is 5.32 Å². The van der Waals surface area contributed by atoms with E-state index in [-0.39, 0.29) is 5.91 Å². The molecule has 30 heavy (non-hydrogen) atoms. The smallest absolute Gasteiger partial charge is 0.251 e. The lowest BCUT2D eigenvalue weighted by molar-refractivity contribution is 0.0951. The molecule has 5 rings (SSSR count). The summed E-state index contributed by atoms with van der Waals surface area (Å²) in [6, 6.07) is 18.5. The van der Waals surface area contributed by atoms with Gasteiger partial charge >= 0.3 is 0 Å². The minimum atomic E-state index is -0.189. The highest BCUT2D eigenvalue weighted by Gasteiger charge is 2.17. The van der Waals surface area contributed by atoms with Crippen molar-refractivity contribution in [2.75, 3.05) is 0 Å². The van der Waals surface area contributed by atoms with E-state index >= 15 is 0 Å². The summed E-state index contributed by atoms with van der Waals surface area (Å²) in [6.07, 6.45) is 4.92. The molecule has 7 nitrogen and oxygen atoms in total. The zero-order chi connectivity index (χ0) is 20.3. The number of carbonyl (C=O) groups excluding carboxylic acids is 1. The van der Waals surface area contributed by atoms with Gasteiger partial charge < -0.3 is 14.3 Å². The molecule has 0 fully saturated rings. The molecule has 2 aromatic carbocycles. The minimum absolute atomic E-state index is 0.189. The van der Waals surface area contributed by atoms with Gasteiger partial charge in [-0.2, -0.15) is 0 Å². The maximum Gasteiger partial charge on any atom is 0.251 e. The average molecular weight is 396 g/mol. The first-order chi connectivity index (χ1) is 14.8. The molecule has 1 N–H and O–H groups in total. The quantitative estimate of drug-likeness (QED) is 0.471. The summed E-state index contributed by atoms with van der Waals surface area (Å²) in [5.74, 6) is 0.305. The van der Waals surface area contributed by atoms with Crippen molar-refractivity contribution in [2.45, 2.75) is 6.54 Å². The van der Waals surface area contributed by atoms with Crippen LogP contribution in [0, 0.1) is 0 Å². The number of rotatable bonds is 5. The molecule has 0 bridgehead atoms. The molecule has 0 radical (unpaired) electrons. The van der Waals surface area contributed by atoms with Crippen molar-refractivity contribution in [3.05, 3.63) is 90.4 Å². The molecule has 7 heteroatoms. The third-order valence-electron chi connectivity index (χ3n) is 4.70. The summed E-state index contributed by atoms with van der Waals surface area (Å²) in [5, 5.41) is 7.73. The van der Waals surface area contributed by atoms with E-state index in [0.29, 0.717) is 40.4 Å². The highest BCUT2D eigenvalue weighted by molar-refractivity contribution is 6.00. The summed E-state index contributed by atoms with van der Waals surface area (Å²) >= 11 is 0. The SMILES string of the molecule is O=C(NCc1ccncc1)c1ccc2onc(-c3coc(-c4ccccc4)n3)c2c1. The topological polar surface area (TPSA) is 94.1 Å². The summed E-state index contributed by atoms with van der Waals surface area (Å²) in [7, 11) is 0. The number of nitrogens with zero attached hydrogens (tertiary/aromatic N) is 3. The Labute approximate surface area is 171 Å². The number of hydrogen-bond donors (Lipinski definition) is 1. The van der Waals surface area contributed by atoms with Crippen LogP contribution in [0.4, 0.5) is 0 Å². The van der Waals surface area contributed by atoms with Crippen LogP contribution in [0.2, 0.25) is 0 Å². The molecule has 3 aromatic heterocycles. The van der Waals surface area contributed by atoms with Gasteiger partial charge in [0.15, 0.2) is 5.58 Å². The van der Waals surface area contributed by atoms with Gasteiger partial charge in [-0.25, -0.2) is 4.98 Å². The van der Waals surface area contributed by atoms with Crippen molar-refractivity contribution in [1.29, 1.82) is 0 Å². The molecule has 3 heterocycles. The third-order valence-corrected chi connectivity index (χ3v) is 4.70. The Morgan fingerprint density at radius 2 is 1.83 bits per heavy atom. The van der Waals surface area contributed by atoms with Crippen molar-refractivity contribution in [3.8, 4) is 22.8 Å². The Bertz CT molecular complexity index is 1310. The number of fused-ring (bicyclic) bond motifs is 1. The second-order valence-corrected chi connectivity index (χ2v) is 6.68. The van der Waals surface area contributed by atoms with Crippen molar-refractivity contribution in [1.82, 2.24) is 20.4 Å². The Morgan fingerprint density at radius 3 is 2.67 bits per heavy atom. The molecule has 0 aliphatic carbocycles. The summed E-state index contributed by atoms with van der Waals surface area (Å²) in [4.78, 5) is 21.1. The van der Waals surface area contributed by atoms with E-state index in [4.69, 9.17) is 8.94 Å². The molecule has 0 atom stereocenters. The Balaban J connectivity index is 1.42. The first-order valence-corrected chi connectivity index (χ1v) is 9.36. The van der Waals surface area contributed by atoms with Crippen molar-refractivity contribution >= 4 is 16.9 Å². The highest BCUT2D eigenvalue weighted by atomic mass is 16.5. The zero-order valence-corrected chi connectivity index (χ0v) is 15.8. The largest absolute Gasteiger partial charge is 0.444 e. The number of oxazole rings is 1. The lowest BCUT2D eigenvalue weighted by atomic mass is 10.1. The van der Waals surface area contributed by atoms with Crippen LogP contribution in [-0.4, -0.2) is 21.0 Å². The van der Waals surface area contributed by atoms with E-state index < -0.39 is 0 Å². The summed E-state index contributed by atoms with van der Waals surface area (Å²) < 4.78 is 11.0. The lowest BCUT2D eigenvalue weighted by Crippen LogP contribution is -2.22. The molecule has 0 spiro atoms. The predicted molar refractivity (Wildman–Crippen MR) is 110 cm³/mol. The first kappa shape index (κ1) is 17.8. The summed E-state index contributed by atoms with van der Waals surface area (Å²) in [5.41, 5.74) is 3.99. The molecule has 0 saturated carbocycles. The van der Waals surface area contributed by atoms with Crippen molar-refractivity contribution < 1.29 is 13.7 Å². The number of aromatic nitrogens is 3. The fourth-order valence-corrected chi connectivity index (χ4v) is 3.15. The number of nitrogens with one attached hydrogen (secondary N) is 1. The molecule has 0 unspecified atom stereocenters. The molecule has 0 saturated heterocycles. The van der Waals surface area contributed by atoms with Gasteiger partial charge in [-0.15, -0.1) is 0 Å². The van der Waals surface area contributed by atoms with Crippen LogP contribution in [0.5, 0.6) is 0 Å². The Hall–Kier alpha value is -4.26. The second kappa shape index (κ2) is 7.63. The van der Waals surface area contributed by atoms with E-state index in [1.807, 2.05) is 42.5 Å². The Kier molecular flexibility index (Phi) is 4.53. The first-order valence-electron chi connectivity index (χ1n) is 9.36. The predicted octanol–water partition coefficient (Wildman–Crippen LogP) is 4.47. The van der Waals surface area contributed by atoms with Gasteiger partial charge in [0.25, 0.3) is 5.91 Å². The lowest BCUT2D eigenvalue weighted by Gasteiger charge is -2.05. The maximum atomic E-state index is 12.6. The van der Waals surface area contributed by atoms with E-state index in [1.54, 1.807) is 30.6 Å². The van der Waals surface area contributed by atoms with Crippen LogP contribution in [0.3, 0.4) is 0 Å². The van der Waals surface area contributed by atoms with Crippen molar-refractivity contribution in [2.24, 2.45) is 0 Å². The average Bonchev–Trinajstić information content (AvgIpc) is 3.45. The molecule has 5 aromatic rings. The van der Waals surface area contributed by atoms with E-state index in [1.165, 1.54) is 6.26 Å². The van der Waals surface area contributed by atoms with Gasteiger partial charge in [0.2, 0.25) is 5.89 Å². The van der Waals surface area contributed by atoms with Crippen molar-refractivity contribution in [3.63, 3.8) is 0 Å². The zero-order valence-electron chi connectivity index (χ0n) is 15.8. The second-order valence-electron chi connectivity index (χ2n) is 6.68. The fraction of sp³-hybridized carbons (Fsp3) is 0.0435. The van der Waals surface area contributed by atoms with Crippen LogP contribution >= 0.6 is 0 Å². The van der Waals surface area contributed by atoms with Gasteiger partial charge in [-0.3, -0.25) is 9.78 Å².